The molecule has 1 unspecified atom stereocenters. The molecule has 0 saturated carbocycles. The topological polar surface area (TPSA) is 58.1 Å². The maximum atomic E-state index is 12.8. The standard InChI is InChI=1S/C19H24N4OS2/c1-6-15-21-12(3)16-11(2)17(26-19(16)22-15)18(24)20-9-14(23(4)5)13-7-8-25-10-13/h7-8,10,14H,6,9H2,1-5H3,(H,20,24). The average Bonchev–Trinajstić information content (AvgIpc) is 3.23. The van der Waals surface area contributed by atoms with Crippen LogP contribution >= 0.6 is 22.7 Å². The summed E-state index contributed by atoms with van der Waals surface area (Å²) in [6, 6.07) is 2.27. The number of fused-ring (bicyclic) bond motifs is 1. The quantitative estimate of drug-likeness (QED) is 0.694. The van der Waals surface area contributed by atoms with Crippen molar-refractivity contribution in [1.29, 1.82) is 0 Å². The summed E-state index contributed by atoms with van der Waals surface area (Å²) in [4.78, 5) is 25.7. The van der Waals surface area contributed by atoms with E-state index in [9.17, 15) is 4.79 Å². The Balaban J connectivity index is 1.84. The van der Waals surface area contributed by atoms with E-state index in [1.165, 1.54) is 16.9 Å². The first kappa shape index (κ1) is 18.9. The van der Waals surface area contributed by atoms with Crippen molar-refractivity contribution in [2.24, 2.45) is 0 Å². The third-order valence-electron chi connectivity index (χ3n) is 4.55. The van der Waals surface area contributed by atoms with E-state index >= 15 is 0 Å². The molecule has 3 aromatic heterocycles. The van der Waals surface area contributed by atoms with Crippen LogP contribution in [0.2, 0.25) is 0 Å². The van der Waals surface area contributed by atoms with Crippen LogP contribution in [0.15, 0.2) is 16.8 Å². The third kappa shape index (κ3) is 3.65. The van der Waals surface area contributed by atoms with Crippen molar-refractivity contribution in [3.8, 4) is 0 Å². The van der Waals surface area contributed by atoms with Crippen molar-refractivity contribution in [3.05, 3.63) is 44.3 Å². The van der Waals surface area contributed by atoms with E-state index < -0.39 is 0 Å². The number of nitrogens with one attached hydrogen (secondary N) is 1. The number of nitrogens with zero attached hydrogens (tertiary/aromatic N) is 3. The van der Waals surface area contributed by atoms with Gasteiger partial charge in [0.1, 0.15) is 10.7 Å². The third-order valence-corrected chi connectivity index (χ3v) is 6.43. The molecule has 26 heavy (non-hydrogen) atoms. The number of hydrogen-bond donors (Lipinski definition) is 1. The molecule has 0 bridgehead atoms. The fourth-order valence-corrected chi connectivity index (χ4v) is 4.98. The van der Waals surface area contributed by atoms with Gasteiger partial charge < -0.3 is 10.2 Å². The number of carbonyl (C=O) groups excluding carboxylic acids is 1. The molecular weight excluding hydrogens is 364 g/mol. The Kier molecular flexibility index (Phi) is 5.70. The second-order valence-electron chi connectivity index (χ2n) is 6.56. The minimum atomic E-state index is -0.0370. The number of rotatable bonds is 6. The monoisotopic (exact) mass is 388 g/mol. The van der Waals surface area contributed by atoms with Crippen LogP contribution < -0.4 is 5.32 Å². The lowest BCUT2D eigenvalue weighted by Crippen LogP contribution is -2.34. The molecule has 3 heterocycles. The van der Waals surface area contributed by atoms with Gasteiger partial charge in [0.05, 0.1) is 10.9 Å². The minimum absolute atomic E-state index is 0.0370. The van der Waals surface area contributed by atoms with Crippen LogP contribution in [0.25, 0.3) is 10.2 Å². The predicted molar refractivity (Wildman–Crippen MR) is 109 cm³/mol. The number of amides is 1. The van der Waals surface area contributed by atoms with Gasteiger partial charge in [-0.05, 0) is 55.9 Å². The zero-order valence-corrected chi connectivity index (χ0v) is 17.4. The molecule has 1 amide bonds. The van der Waals surface area contributed by atoms with Gasteiger partial charge in [0, 0.05) is 24.0 Å². The molecule has 0 aliphatic heterocycles. The molecule has 0 aliphatic rings. The van der Waals surface area contributed by atoms with Gasteiger partial charge in [-0.1, -0.05) is 6.92 Å². The summed E-state index contributed by atoms with van der Waals surface area (Å²) in [7, 11) is 4.06. The summed E-state index contributed by atoms with van der Waals surface area (Å²) in [5.74, 6) is 0.790. The van der Waals surface area contributed by atoms with E-state index in [0.29, 0.717) is 6.54 Å². The molecule has 3 rings (SSSR count). The number of likely N-dealkylation sites (N-methyl/N-ethyl adjacent to an activating group) is 1. The van der Waals surface area contributed by atoms with Crippen LogP contribution in [0, 0.1) is 13.8 Å². The number of aromatic nitrogens is 2. The van der Waals surface area contributed by atoms with Crippen molar-refractivity contribution < 1.29 is 4.79 Å². The Hall–Kier alpha value is -1.83. The van der Waals surface area contributed by atoms with Crippen LogP contribution in [-0.4, -0.2) is 41.4 Å². The van der Waals surface area contributed by atoms with Gasteiger partial charge >= 0.3 is 0 Å². The lowest BCUT2D eigenvalue weighted by Gasteiger charge is -2.23. The highest BCUT2D eigenvalue weighted by Gasteiger charge is 2.21. The van der Waals surface area contributed by atoms with E-state index in [1.54, 1.807) is 11.3 Å². The summed E-state index contributed by atoms with van der Waals surface area (Å²) in [5.41, 5.74) is 3.14. The Morgan fingerprint density at radius 1 is 1.31 bits per heavy atom. The lowest BCUT2D eigenvalue weighted by molar-refractivity contribution is 0.0945. The van der Waals surface area contributed by atoms with Gasteiger partial charge in [-0.15, -0.1) is 11.3 Å². The molecule has 0 spiro atoms. The van der Waals surface area contributed by atoms with E-state index in [-0.39, 0.29) is 11.9 Å². The molecule has 0 aliphatic carbocycles. The minimum Gasteiger partial charge on any atom is -0.349 e. The lowest BCUT2D eigenvalue weighted by atomic mass is 10.1. The second kappa shape index (κ2) is 7.82. The fourth-order valence-electron chi connectivity index (χ4n) is 3.10. The van der Waals surface area contributed by atoms with Gasteiger partial charge in [0.25, 0.3) is 5.91 Å². The van der Waals surface area contributed by atoms with Crippen LogP contribution in [0.4, 0.5) is 0 Å². The highest BCUT2D eigenvalue weighted by molar-refractivity contribution is 7.20. The normalized spacial score (nSPS) is 12.7. The summed E-state index contributed by atoms with van der Waals surface area (Å²) in [5, 5.41) is 8.32. The fraction of sp³-hybridized carbons (Fsp3) is 0.421. The number of aryl methyl sites for hydroxylation is 3. The molecule has 0 radical (unpaired) electrons. The van der Waals surface area contributed by atoms with Crippen molar-refractivity contribution in [1.82, 2.24) is 20.2 Å². The summed E-state index contributed by atoms with van der Waals surface area (Å²) < 4.78 is 0. The zero-order chi connectivity index (χ0) is 18.8. The molecule has 1 atom stereocenters. The highest BCUT2D eigenvalue weighted by atomic mass is 32.1. The molecule has 1 N–H and O–H groups in total. The number of carbonyl (C=O) groups is 1. The van der Waals surface area contributed by atoms with Crippen molar-refractivity contribution in [2.75, 3.05) is 20.6 Å². The summed E-state index contributed by atoms with van der Waals surface area (Å²) in [6.07, 6.45) is 0.792. The summed E-state index contributed by atoms with van der Waals surface area (Å²) >= 11 is 3.13. The maximum Gasteiger partial charge on any atom is 0.261 e. The molecule has 3 aromatic rings. The van der Waals surface area contributed by atoms with Crippen LogP contribution in [0.5, 0.6) is 0 Å². The van der Waals surface area contributed by atoms with Gasteiger partial charge in [-0.3, -0.25) is 4.79 Å². The molecule has 7 heteroatoms. The van der Waals surface area contributed by atoms with Crippen LogP contribution in [0.1, 0.15) is 45.3 Å². The van der Waals surface area contributed by atoms with Gasteiger partial charge in [0.2, 0.25) is 0 Å². The molecule has 5 nitrogen and oxygen atoms in total. The molecule has 0 fully saturated rings. The Morgan fingerprint density at radius 2 is 2.08 bits per heavy atom. The van der Waals surface area contributed by atoms with Gasteiger partial charge in [-0.2, -0.15) is 11.3 Å². The second-order valence-corrected chi connectivity index (χ2v) is 8.34. The first-order valence-electron chi connectivity index (χ1n) is 8.65. The van der Waals surface area contributed by atoms with Gasteiger partial charge in [-0.25, -0.2) is 9.97 Å². The first-order valence-corrected chi connectivity index (χ1v) is 10.4. The Morgan fingerprint density at radius 3 is 2.69 bits per heavy atom. The number of hydrogen-bond acceptors (Lipinski definition) is 6. The SMILES string of the molecule is CCc1nc(C)c2c(C)c(C(=O)NCC(c3ccsc3)N(C)C)sc2n1. The van der Waals surface area contributed by atoms with Crippen molar-refractivity contribution >= 4 is 38.8 Å². The van der Waals surface area contributed by atoms with E-state index in [0.717, 1.165) is 38.6 Å². The molecular formula is C19H24N4OS2. The molecule has 138 valence electrons. The number of thiophene rings is 2. The Labute approximate surface area is 162 Å². The van der Waals surface area contributed by atoms with Crippen molar-refractivity contribution in [3.63, 3.8) is 0 Å². The smallest absolute Gasteiger partial charge is 0.261 e. The van der Waals surface area contributed by atoms with E-state index in [4.69, 9.17) is 0 Å². The first-order chi connectivity index (χ1) is 12.4. The molecule has 0 saturated heterocycles. The average molecular weight is 389 g/mol. The van der Waals surface area contributed by atoms with Crippen LogP contribution in [0.3, 0.4) is 0 Å². The van der Waals surface area contributed by atoms with Crippen LogP contribution in [-0.2, 0) is 6.42 Å². The highest BCUT2D eigenvalue weighted by Crippen LogP contribution is 2.31. The zero-order valence-electron chi connectivity index (χ0n) is 15.8. The van der Waals surface area contributed by atoms with E-state index in [2.05, 4.69) is 37.0 Å². The Bertz CT molecular complexity index is 915. The molecule has 0 aromatic carbocycles. The van der Waals surface area contributed by atoms with Gasteiger partial charge in [0.15, 0.2) is 0 Å². The van der Waals surface area contributed by atoms with E-state index in [1.807, 2.05) is 34.9 Å². The summed E-state index contributed by atoms with van der Waals surface area (Å²) in [6.45, 7) is 6.59. The van der Waals surface area contributed by atoms with Crippen molar-refractivity contribution in [2.45, 2.75) is 33.2 Å². The largest absolute Gasteiger partial charge is 0.349 e. The predicted octanol–water partition coefficient (Wildman–Crippen LogP) is 3.96. The maximum absolute atomic E-state index is 12.8.